The number of hydrogen-bond donors (Lipinski definition) is 1. The van der Waals surface area contributed by atoms with Crippen LogP contribution in [0.2, 0.25) is 0 Å². The average molecular weight is 274 g/mol. The summed E-state index contributed by atoms with van der Waals surface area (Å²) in [7, 11) is 0. The van der Waals surface area contributed by atoms with Gasteiger partial charge in [-0.05, 0) is 26.0 Å². The number of aromatic nitrogens is 5. The summed E-state index contributed by atoms with van der Waals surface area (Å²) in [5.41, 5.74) is 1.00. The van der Waals surface area contributed by atoms with Crippen molar-refractivity contribution in [1.82, 2.24) is 30.0 Å². The molecule has 0 aliphatic rings. The Balaban J connectivity index is 2.18. The second kappa shape index (κ2) is 7.09. The van der Waals surface area contributed by atoms with Gasteiger partial charge in [-0.2, -0.15) is 5.10 Å². The molecule has 20 heavy (non-hydrogen) atoms. The Morgan fingerprint density at radius 3 is 2.85 bits per heavy atom. The molecule has 0 saturated heterocycles. The van der Waals surface area contributed by atoms with E-state index in [1.54, 1.807) is 12.5 Å². The Bertz CT molecular complexity index is 536. The predicted molar refractivity (Wildman–Crippen MR) is 77.2 cm³/mol. The van der Waals surface area contributed by atoms with Crippen LogP contribution in [0.15, 0.2) is 18.6 Å². The van der Waals surface area contributed by atoms with Gasteiger partial charge < -0.3 is 5.32 Å². The topological polar surface area (TPSA) is 68.5 Å². The molecule has 1 N–H and O–H groups in total. The van der Waals surface area contributed by atoms with E-state index in [0.717, 1.165) is 43.3 Å². The molecule has 6 heteroatoms. The molecule has 0 spiro atoms. The number of nitrogens with zero attached hydrogens (tertiary/aromatic N) is 5. The van der Waals surface area contributed by atoms with Crippen molar-refractivity contribution in [2.24, 2.45) is 0 Å². The molecule has 2 rings (SSSR count). The minimum absolute atomic E-state index is 0.140. The maximum atomic E-state index is 4.52. The van der Waals surface area contributed by atoms with Gasteiger partial charge in [0.15, 0.2) is 0 Å². The zero-order valence-corrected chi connectivity index (χ0v) is 12.4. The van der Waals surface area contributed by atoms with Crippen LogP contribution in [0.3, 0.4) is 0 Å². The smallest absolute Gasteiger partial charge is 0.138 e. The summed E-state index contributed by atoms with van der Waals surface area (Å²) in [6.07, 6.45) is 5.26. The third kappa shape index (κ3) is 3.60. The van der Waals surface area contributed by atoms with E-state index in [9.17, 15) is 0 Å². The zero-order valence-electron chi connectivity index (χ0n) is 12.4. The van der Waals surface area contributed by atoms with E-state index in [-0.39, 0.29) is 6.04 Å². The first-order chi connectivity index (χ1) is 9.74. The summed E-state index contributed by atoms with van der Waals surface area (Å²) >= 11 is 0. The first-order valence-corrected chi connectivity index (χ1v) is 7.14. The molecule has 0 radical (unpaired) electrons. The Kier molecular flexibility index (Phi) is 5.17. The molecule has 2 aromatic rings. The van der Waals surface area contributed by atoms with Crippen LogP contribution in [0, 0.1) is 6.92 Å². The van der Waals surface area contributed by atoms with Crippen LogP contribution in [0.1, 0.15) is 43.7 Å². The summed E-state index contributed by atoms with van der Waals surface area (Å²) in [6.45, 7) is 7.93. The molecule has 0 bridgehead atoms. The van der Waals surface area contributed by atoms with Gasteiger partial charge in [0.25, 0.3) is 0 Å². The zero-order chi connectivity index (χ0) is 14.4. The van der Waals surface area contributed by atoms with Crippen molar-refractivity contribution in [1.29, 1.82) is 0 Å². The lowest BCUT2D eigenvalue weighted by Crippen LogP contribution is -2.25. The van der Waals surface area contributed by atoms with Crippen molar-refractivity contribution < 1.29 is 0 Å². The summed E-state index contributed by atoms with van der Waals surface area (Å²) in [4.78, 5) is 13.0. The number of aryl methyl sites for hydroxylation is 2. The van der Waals surface area contributed by atoms with Gasteiger partial charge in [-0.3, -0.25) is 4.68 Å². The van der Waals surface area contributed by atoms with E-state index in [1.807, 2.05) is 17.7 Å². The fraction of sp³-hybridized carbons (Fsp3) is 0.571. The standard InChI is InChI=1S/C14H22N6/c1-4-8-20-14(17-10-18-20)9-13(15-5-2)12-6-7-16-11(3)19-12/h6-7,10,13,15H,4-5,8-9H2,1-3H3. The van der Waals surface area contributed by atoms with Crippen LogP contribution in [0.5, 0.6) is 0 Å². The van der Waals surface area contributed by atoms with Gasteiger partial charge in [0, 0.05) is 19.2 Å². The molecule has 2 aromatic heterocycles. The van der Waals surface area contributed by atoms with Crippen LogP contribution in [0.25, 0.3) is 0 Å². The van der Waals surface area contributed by atoms with Gasteiger partial charge in [-0.1, -0.05) is 13.8 Å². The maximum Gasteiger partial charge on any atom is 0.138 e. The number of hydrogen-bond acceptors (Lipinski definition) is 5. The highest BCUT2D eigenvalue weighted by molar-refractivity contribution is 5.10. The quantitative estimate of drug-likeness (QED) is 0.832. The van der Waals surface area contributed by atoms with Crippen molar-refractivity contribution in [3.8, 4) is 0 Å². The molecule has 0 aliphatic carbocycles. The second-order valence-electron chi connectivity index (χ2n) is 4.74. The highest BCUT2D eigenvalue weighted by Gasteiger charge is 2.16. The van der Waals surface area contributed by atoms with E-state index in [4.69, 9.17) is 0 Å². The molecule has 6 nitrogen and oxygen atoms in total. The van der Waals surface area contributed by atoms with Gasteiger partial charge in [0.2, 0.25) is 0 Å². The SMILES string of the molecule is CCCn1ncnc1CC(NCC)c1ccnc(C)n1. The van der Waals surface area contributed by atoms with Gasteiger partial charge in [-0.15, -0.1) is 0 Å². The lowest BCUT2D eigenvalue weighted by atomic mass is 10.1. The van der Waals surface area contributed by atoms with Crippen molar-refractivity contribution >= 4 is 0 Å². The molecule has 0 aromatic carbocycles. The summed E-state index contributed by atoms with van der Waals surface area (Å²) < 4.78 is 1.97. The van der Waals surface area contributed by atoms with E-state index in [0.29, 0.717) is 0 Å². The Morgan fingerprint density at radius 1 is 1.30 bits per heavy atom. The van der Waals surface area contributed by atoms with Crippen molar-refractivity contribution in [2.45, 2.75) is 46.2 Å². The summed E-state index contributed by atoms with van der Waals surface area (Å²) in [5.74, 6) is 1.79. The predicted octanol–water partition coefficient (Wildman–Crippen LogP) is 1.68. The first-order valence-electron chi connectivity index (χ1n) is 7.14. The number of nitrogens with one attached hydrogen (secondary N) is 1. The highest BCUT2D eigenvalue weighted by atomic mass is 15.3. The van der Waals surface area contributed by atoms with E-state index in [1.165, 1.54) is 0 Å². The average Bonchev–Trinajstić information content (AvgIpc) is 2.86. The first kappa shape index (κ1) is 14.6. The lowest BCUT2D eigenvalue weighted by Gasteiger charge is -2.17. The largest absolute Gasteiger partial charge is 0.309 e. The van der Waals surface area contributed by atoms with Crippen LogP contribution < -0.4 is 5.32 Å². The molecular weight excluding hydrogens is 252 g/mol. The molecule has 0 amide bonds. The van der Waals surface area contributed by atoms with E-state index < -0.39 is 0 Å². The third-order valence-corrected chi connectivity index (χ3v) is 3.12. The Morgan fingerprint density at radius 2 is 2.15 bits per heavy atom. The highest BCUT2D eigenvalue weighted by Crippen LogP contribution is 2.15. The van der Waals surface area contributed by atoms with Crippen LogP contribution in [-0.2, 0) is 13.0 Å². The summed E-state index contributed by atoms with van der Waals surface area (Å²) in [5, 5.41) is 7.74. The fourth-order valence-corrected chi connectivity index (χ4v) is 2.22. The Labute approximate surface area is 119 Å². The second-order valence-corrected chi connectivity index (χ2v) is 4.74. The molecule has 0 fully saturated rings. The summed E-state index contributed by atoms with van der Waals surface area (Å²) in [6, 6.07) is 2.10. The minimum Gasteiger partial charge on any atom is -0.309 e. The molecule has 1 unspecified atom stereocenters. The Hall–Kier alpha value is -1.82. The molecule has 1 atom stereocenters. The van der Waals surface area contributed by atoms with Gasteiger partial charge in [-0.25, -0.2) is 15.0 Å². The molecule has 2 heterocycles. The van der Waals surface area contributed by atoms with Crippen molar-refractivity contribution in [2.75, 3.05) is 6.54 Å². The van der Waals surface area contributed by atoms with Crippen LogP contribution >= 0.6 is 0 Å². The molecule has 0 aliphatic heterocycles. The van der Waals surface area contributed by atoms with E-state index >= 15 is 0 Å². The van der Waals surface area contributed by atoms with Crippen LogP contribution in [-0.4, -0.2) is 31.3 Å². The third-order valence-electron chi connectivity index (χ3n) is 3.12. The molecule has 108 valence electrons. The van der Waals surface area contributed by atoms with Crippen LogP contribution in [0.4, 0.5) is 0 Å². The van der Waals surface area contributed by atoms with Crippen molar-refractivity contribution in [3.63, 3.8) is 0 Å². The maximum absolute atomic E-state index is 4.52. The van der Waals surface area contributed by atoms with Gasteiger partial charge in [0.1, 0.15) is 18.0 Å². The van der Waals surface area contributed by atoms with Gasteiger partial charge in [0.05, 0.1) is 11.7 Å². The molecule has 0 saturated carbocycles. The number of rotatable bonds is 7. The fourth-order valence-electron chi connectivity index (χ4n) is 2.22. The van der Waals surface area contributed by atoms with Gasteiger partial charge >= 0.3 is 0 Å². The molecular formula is C14H22N6. The van der Waals surface area contributed by atoms with E-state index in [2.05, 4.69) is 39.2 Å². The number of likely N-dealkylation sites (N-methyl/N-ethyl adjacent to an activating group) is 1. The monoisotopic (exact) mass is 274 g/mol. The lowest BCUT2D eigenvalue weighted by molar-refractivity contribution is 0.489. The normalized spacial score (nSPS) is 12.6. The minimum atomic E-state index is 0.140. The van der Waals surface area contributed by atoms with Crippen molar-refractivity contribution in [3.05, 3.63) is 35.9 Å².